The van der Waals surface area contributed by atoms with Gasteiger partial charge in [-0.05, 0) is 54.1 Å². The van der Waals surface area contributed by atoms with Crippen molar-refractivity contribution in [2.75, 3.05) is 19.1 Å². The summed E-state index contributed by atoms with van der Waals surface area (Å²) in [5, 5.41) is 16.4. The molecule has 3 aromatic rings. The van der Waals surface area contributed by atoms with E-state index in [2.05, 4.69) is 4.98 Å². The lowest BCUT2D eigenvalue weighted by molar-refractivity contribution is -0.132. The van der Waals surface area contributed by atoms with Crippen molar-refractivity contribution < 1.29 is 32.6 Å². The van der Waals surface area contributed by atoms with Gasteiger partial charge in [-0.15, -0.1) is 0 Å². The van der Waals surface area contributed by atoms with Crippen LogP contribution in [0.4, 0.5) is 5.69 Å². The zero-order valence-corrected chi connectivity index (χ0v) is 19.5. The van der Waals surface area contributed by atoms with E-state index in [0.717, 1.165) is 0 Å². The molecule has 4 rings (SSSR count). The third kappa shape index (κ3) is 4.34. The minimum absolute atomic E-state index is 0.152. The quantitative estimate of drug-likeness (QED) is 0.301. The summed E-state index contributed by atoms with van der Waals surface area (Å²) in [5.41, 5.74) is 0.772. The standard InChI is InChI=1S/C24H21N3O7S/c1-33-18-10-5-14(12-19(18)34-2)22(28)20-21(15-4-3-11-26-13-15)27(24(30)23(20)29)16-6-8-17(9-7-16)35(25,31)32/h3-13,21,28H,1-2H3,(H2,25,31,32)/b22-20+. The number of sulfonamides is 1. The Kier molecular flexibility index (Phi) is 6.29. The molecule has 3 N–H and O–H groups in total. The average molecular weight is 496 g/mol. The van der Waals surface area contributed by atoms with Crippen LogP contribution in [-0.4, -0.2) is 44.4 Å². The van der Waals surface area contributed by atoms with Crippen LogP contribution in [0.3, 0.4) is 0 Å². The van der Waals surface area contributed by atoms with Crippen LogP contribution in [0.25, 0.3) is 5.76 Å². The molecule has 180 valence electrons. The fourth-order valence-electron chi connectivity index (χ4n) is 3.89. The molecular weight excluding hydrogens is 474 g/mol. The Morgan fingerprint density at radius 2 is 1.71 bits per heavy atom. The van der Waals surface area contributed by atoms with Gasteiger partial charge in [0, 0.05) is 23.6 Å². The molecule has 1 aliphatic rings. The van der Waals surface area contributed by atoms with Gasteiger partial charge in [-0.3, -0.25) is 19.5 Å². The number of rotatable bonds is 6. The van der Waals surface area contributed by atoms with Crippen molar-refractivity contribution in [3.8, 4) is 11.5 Å². The lowest BCUT2D eigenvalue weighted by Gasteiger charge is -2.25. The number of ketones is 1. The molecule has 1 aromatic heterocycles. The maximum absolute atomic E-state index is 13.2. The molecule has 1 unspecified atom stereocenters. The minimum atomic E-state index is -3.96. The van der Waals surface area contributed by atoms with E-state index in [1.54, 1.807) is 18.2 Å². The average Bonchev–Trinajstić information content (AvgIpc) is 3.13. The number of carbonyl (C=O) groups excluding carboxylic acids is 2. The molecule has 0 spiro atoms. The predicted molar refractivity (Wildman–Crippen MR) is 126 cm³/mol. The van der Waals surface area contributed by atoms with Crippen LogP contribution in [-0.2, 0) is 19.6 Å². The molecule has 0 aliphatic carbocycles. The Morgan fingerprint density at radius 3 is 2.29 bits per heavy atom. The van der Waals surface area contributed by atoms with Gasteiger partial charge >= 0.3 is 0 Å². The van der Waals surface area contributed by atoms with Crippen molar-refractivity contribution in [2.24, 2.45) is 5.14 Å². The number of pyridine rings is 1. The van der Waals surface area contributed by atoms with Crippen molar-refractivity contribution in [1.82, 2.24) is 4.98 Å². The van der Waals surface area contributed by atoms with E-state index < -0.39 is 33.5 Å². The third-order valence-corrected chi connectivity index (χ3v) is 6.47. The molecule has 0 radical (unpaired) electrons. The lowest BCUT2D eigenvalue weighted by Crippen LogP contribution is -2.29. The first kappa shape index (κ1) is 23.9. The Bertz CT molecular complexity index is 1440. The van der Waals surface area contributed by atoms with Gasteiger partial charge < -0.3 is 14.6 Å². The Labute approximate surface area is 201 Å². The number of aliphatic hydroxyl groups excluding tert-OH is 1. The van der Waals surface area contributed by atoms with E-state index in [0.29, 0.717) is 17.1 Å². The lowest BCUT2D eigenvalue weighted by atomic mass is 9.96. The van der Waals surface area contributed by atoms with E-state index in [1.165, 1.54) is 67.9 Å². The molecule has 2 aromatic carbocycles. The highest BCUT2D eigenvalue weighted by molar-refractivity contribution is 7.89. The smallest absolute Gasteiger partial charge is 0.300 e. The number of hydrogen-bond donors (Lipinski definition) is 2. The molecule has 1 atom stereocenters. The van der Waals surface area contributed by atoms with E-state index in [1.807, 2.05) is 0 Å². The largest absolute Gasteiger partial charge is 0.507 e. The summed E-state index contributed by atoms with van der Waals surface area (Å²) in [7, 11) is -1.06. The zero-order chi connectivity index (χ0) is 25.3. The number of ether oxygens (including phenoxy) is 2. The van der Waals surface area contributed by atoms with Crippen molar-refractivity contribution in [3.05, 3.63) is 83.7 Å². The van der Waals surface area contributed by atoms with Crippen LogP contribution >= 0.6 is 0 Å². The summed E-state index contributed by atoms with van der Waals surface area (Å²) >= 11 is 0. The maximum atomic E-state index is 13.2. The summed E-state index contributed by atoms with van der Waals surface area (Å²) < 4.78 is 33.8. The van der Waals surface area contributed by atoms with Gasteiger partial charge in [0.1, 0.15) is 5.76 Å². The molecule has 0 saturated carbocycles. The number of carbonyl (C=O) groups is 2. The summed E-state index contributed by atoms with van der Waals surface area (Å²) in [6, 6.07) is 12.1. The first-order valence-electron chi connectivity index (χ1n) is 10.2. The van der Waals surface area contributed by atoms with Gasteiger partial charge in [0.25, 0.3) is 11.7 Å². The summed E-state index contributed by atoms with van der Waals surface area (Å²) in [5.74, 6) is -1.49. The highest BCUT2D eigenvalue weighted by atomic mass is 32.2. The van der Waals surface area contributed by atoms with Crippen molar-refractivity contribution >= 4 is 33.2 Å². The predicted octanol–water partition coefficient (Wildman–Crippen LogP) is 2.37. The molecule has 1 aliphatic heterocycles. The van der Waals surface area contributed by atoms with Crippen LogP contribution < -0.4 is 19.5 Å². The molecule has 1 fully saturated rings. The van der Waals surface area contributed by atoms with Crippen LogP contribution in [0.5, 0.6) is 11.5 Å². The van der Waals surface area contributed by atoms with Crippen LogP contribution in [0, 0.1) is 0 Å². The van der Waals surface area contributed by atoms with Gasteiger partial charge in [0.15, 0.2) is 11.5 Å². The van der Waals surface area contributed by atoms with E-state index in [9.17, 15) is 23.1 Å². The van der Waals surface area contributed by atoms with Crippen molar-refractivity contribution in [3.63, 3.8) is 0 Å². The molecule has 35 heavy (non-hydrogen) atoms. The van der Waals surface area contributed by atoms with Crippen molar-refractivity contribution in [2.45, 2.75) is 10.9 Å². The van der Waals surface area contributed by atoms with Crippen LogP contribution in [0.15, 0.2) is 77.5 Å². The highest BCUT2D eigenvalue weighted by Gasteiger charge is 2.47. The van der Waals surface area contributed by atoms with Crippen LogP contribution in [0.1, 0.15) is 17.2 Å². The SMILES string of the molecule is COc1ccc(/C(O)=C2\C(=O)C(=O)N(c3ccc(S(N)(=O)=O)cc3)C2c2cccnc2)cc1OC. The van der Waals surface area contributed by atoms with Crippen molar-refractivity contribution in [1.29, 1.82) is 0 Å². The van der Waals surface area contributed by atoms with Gasteiger partial charge in [-0.1, -0.05) is 6.07 Å². The summed E-state index contributed by atoms with van der Waals surface area (Å²) in [4.78, 5) is 31.5. The molecule has 1 saturated heterocycles. The number of Topliss-reactive ketones (excluding diaryl/α,β-unsaturated/α-hetero) is 1. The number of primary sulfonamides is 1. The van der Waals surface area contributed by atoms with E-state index in [-0.39, 0.29) is 21.7 Å². The first-order valence-corrected chi connectivity index (χ1v) is 11.8. The van der Waals surface area contributed by atoms with Gasteiger partial charge in [0.05, 0.1) is 30.7 Å². The molecule has 1 amide bonds. The second-order valence-corrected chi connectivity index (χ2v) is 9.13. The second-order valence-electron chi connectivity index (χ2n) is 7.56. The number of aromatic nitrogens is 1. The fourth-order valence-corrected chi connectivity index (χ4v) is 4.40. The number of anilines is 1. The monoisotopic (exact) mass is 495 g/mol. The number of methoxy groups -OCH3 is 2. The van der Waals surface area contributed by atoms with Gasteiger partial charge in [0.2, 0.25) is 10.0 Å². The summed E-state index contributed by atoms with van der Waals surface area (Å²) in [6.45, 7) is 0. The molecule has 0 bridgehead atoms. The number of aliphatic hydroxyl groups is 1. The van der Waals surface area contributed by atoms with E-state index in [4.69, 9.17) is 14.6 Å². The fraction of sp³-hybridized carbons (Fsp3) is 0.125. The zero-order valence-electron chi connectivity index (χ0n) is 18.7. The van der Waals surface area contributed by atoms with Gasteiger partial charge in [-0.2, -0.15) is 0 Å². The molecular formula is C24H21N3O7S. The summed E-state index contributed by atoms with van der Waals surface area (Å²) in [6.07, 6.45) is 3.01. The Hall–Kier alpha value is -4.22. The van der Waals surface area contributed by atoms with Crippen LogP contribution in [0.2, 0.25) is 0 Å². The number of nitrogens with two attached hydrogens (primary N) is 1. The Morgan fingerprint density at radius 1 is 1.03 bits per heavy atom. The number of benzene rings is 2. The normalized spacial score (nSPS) is 17.5. The molecule has 11 heteroatoms. The molecule has 10 nitrogen and oxygen atoms in total. The molecule has 2 heterocycles. The minimum Gasteiger partial charge on any atom is -0.507 e. The Balaban J connectivity index is 1.91. The first-order chi connectivity index (χ1) is 16.7. The second kappa shape index (κ2) is 9.20. The van der Waals surface area contributed by atoms with Gasteiger partial charge in [-0.25, -0.2) is 13.6 Å². The maximum Gasteiger partial charge on any atom is 0.300 e. The topological polar surface area (TPSA) is 149 Å². The van der Waals surface area contributed by atoms with E-state index >= 15 is 0 Å². The number of amides is 1. The number of nitrogens with zero attached hydrogens (tertiary/aromatic N) is 2. The number of hydrogen-bond acceptors (Lipinski definition) is 8. The third-order valence-electron chi connectivity index (χ3n) is 5.54. The highest BCUT2D eigenvalue weighted by Crippen LogP contribution is 2.42.